The van der Waals surface area contributed by atoms with Gasteiger partial charge in [0.25, 0.3) is 0 Å². The Morgan fingerprint density at radius 3 is 0.714 bits per heavy atom. The van der Waals surface area contributed by atoms with Crippen LogP contribution in [-0.2, 0) is 19.1 Å². The highest BCUT2D eigenvalue weighted by Crippen LogP contribution is 2.39. The van der Waals surface area contributed by atoms with E-state index in [2.05, 4.69) is 13.8 Å². The van der Waals surface area contributed by atoms with Crippen LogP contribution in [0.4, 0.5) is 0 Å². The number of hydrogen-bond donors (Lipinski definition) is 0. The Labute approximate surface area is 351 Å². The van der Waals surface area contributed by atoms with Gasteiger partial charge in [-0.2, -0.15) is 0 Å². The molecule has 0 atom stereocenters. The summed E-state index contributed by atoms with van der Waals surface area (Å²) in [5, 5.41) is 0. The Morgan fingerprint density at radius 2 is 0.500 bits per heavy atom. The minimum absolute atomic E-state index is 0.316. The van der Waals surface area contributed by atoms with E-state index in [1.807, 2.05) is 0 Å². The molecule has 56 heavy (non-hydrogen) atoms. The van der Waals surface area contributed by atoms with E-state index in [9.17, 15) is 9.59 Å². The van der Waals surface area contributed by atoms with Crippen LogP contribution in [0.2, 0.25) is 0 Å². The summed E-state index contributed by atoms with van der Waals surface area (Å²) in [4.78, 5) is 26.5. The maximum Gasteiger partial charge on any atom is 0.323 e. The maximum atomic E-state index is 13.3. The van der Waals surface area contributed by atoms with E-state index < -0.39 is 5.41 Å². The number of ether oxygens (including phenoxy) is 2. The number of carbonyl (C=O) groups is 2. The SMILES string of the molecule is CCCCCCCCCCCCCCCCCCCCCCOC(=O)C1(C(=O)OCCCCCCCCCCCCCCCCCCCCCC)CCCCC1. The van der Waals surface area contributed by atoms with Crippen molar-refractivity contribution in [2.75, 3.05) is 13.2 Å². The minimum atomic E-state index is -1.06. The summed E-state index contributed by atoms with van der Waals surface area (Å²) >= 11 is 0. The third-order valence-corrected chi connectivity index (χ3v) is 13.0. The van der Waals surface area contributed by atoms with Crippen molar-refractivity contribution in [3.05, 3.63) is 0 Å². The van der Waals surface area contributed by atoms with Crippen LogP contribution in [0.25, 0.3) is 0 Å². The Kier molecular flexibility index (Phi) is 39.8. The van der Waals surface area contributed by atoms with Gasteiger partial charge in [-0.15, -0.1) is 0 Å². The van der Waals surface area contributed by atoms with Crippen LogP contribution < -0.4 is 0 Å². The number of esters is 2. The summed E-state index contributed by atoms with van der Waals surface area (Å²) in [7, 11) is 0. The molecule has 0 aromatic rings. The molecule has 0 bridgehead atoms. The lowest BCUT2D eigenvalue weighted by atomic mass is 9.74. The second-order valence-corrected chi connectivity index (χ2v) is 18.3. The highest BCUT2D eigenvalue weighted by Gasteiger charge is 2.49. The molecule has 0 unspecified atom stereocenters. The molecule has 1 saturated carbocycles. The van der Waals surface area contributed by atoms with E-state index in [0.29, 0.717) is 26.1 Å². The van der Waals surface area contributed by atoms with Crippen molar-refractivity contribution in [3.63, 3.8) is 0 Å². The van der Waals surface area contributed by atoms with Crippen molar-refractivity contribution in [3.8, 4) is 0 Å². The molecule has 332 valence electrons. The number of hydrogen-bond acceptors (Lipinski definition) is 4. The monoisotopic (exact) mass is 789 g/mol. The first-order chi connectivity index (χ1) is 27.7. The van der Waals surface area contributed by atoms with Gasteiger partial charge in [0.2, 0.25) is 0 Å². The van der Waals surface area contributed by atoms with Gasteiger partial charge in [0.15, 0.2) is 5.41 Å². The van der Waals surface area contributed by atoms with Crippen molar-refractivity contribution in [2.45, 2.75) is 303 Å². The predicted molar refractivity (Wildman–Crippen MR) is 243 cm³/mol. The van der Waals surface area contributed by atoms with Crippen LogP contribution in [0.1, 0.15) is 303 Å². The lowest BCUT2D eigenvalue weighted by Crippen LogP contribution is -2.43. The third-order valence-electron chi connectivity index (χ3n) is 13.0. The van der Waals surface area contributed by atoms with Crippen LogP contribution in [-0.4, -0.2) is 25.2 Å². The molecule has 1 aliphatic rings. The molecule has 0 aromatic heterocycles. The number of carbonyl (C=O) groups excluding carboxylic acids is 2. The summed E-state index contributed by atoms with van der Waals surface area (Å²) < 4.78 is 11.5. The van der Waals surface area contributed by atoms with E-state index in [1.54, 1.807) is 0 Å². The summed E-state index contributed by atoms with van der Waals surface area (Å²) in [6.07, 6.45) is 58.3. The average molecular weight is 789 g/mol. The van der Waals surface area contributed by atoms with Crippen LogP contribution in [0.3, 0.4) is 0 Å². The molecule has 0 radical (unpaired) electrons. The minimum Gasteiger partial charge on any atom is -0.465 e. The molecule has 1 fully saturated rings. The van der Waals surface area contributed by atoms with E-state index >= 15 is 0 Å². The van der Waals surface area contributed by atoms with Crippen molar-refractivity contribution in [2.24, 2.45) is 5.41 Å². The van der Waals surface area contributed by atoms with Gasteiger partial charge >= 0.3 is 11.9 Å². The van der Waals surface area contributed by atoms with Gasteiger partial charge in [-0.25, -0.2) is 0 Å². The summed E-state index contributed by atoms with van der Waals surface area (Å²) in [5.74, 6) is -0.632. The molecular formula is C52H100O4. The molecule has 1 aliphatic carbocycles. The largest absolute Gasteiger partial charge is 0.465 e. The highest BCUT2D eigenvalue weighted by molar-refractivity contribution is 6.00. The fourth-order valence-electron chi connectivity index (χ4n) is 8.97. The zero-order valence-corrected chi connectivity index (χ0v) is 38.4. The Balaban J connectivity index is 1.94. The molecule has 0 amide bonds. The molecule has 0 N–H and O–H groups in total. The van der Waals surface area contributed by atoms with Crippen molar-refractivity contribution >= 4 is 11.9 Å². The van der Waals surface area contributed by atoms with E-state index in [4.69, 9.17) is 9.47 Å². The van der Waals surface area contributed by atoms with E-state index in [1.165, 1.54) is 231 Å². The van der Waals surface area contributed by atoms with Crippen LogP contribution in [0, 0.1) is 5.41 Å². The zero-order chi connectivity index (χ0) is 40.3. The van der Waals surface area contributed by atoms with Gasteiger partial charge in [0.05, 0.1) is 13.2 Å². The van der Waals surface area contributed by atoms with Gasteiger partial charge in [0, 0.05) is 0 Å². The molecule has 0 heterocycles. The standard InChI is InChI=1S/C52H100O4/c1-3-5-7-9-11-13-15-17-19-21-23-25-27-29-31-33-35-37-39-44-48-55-50(53)52(46-42-41-43-47-52)51(54)56-49-45-40-38-36-34-32-30-28-26-24-22-20-18-16-14-12-10-8-6-4-2/h3-49H2,1-2H3. The molecule has 1 rings (SSSR count). The van der Waals surface area contributed by atoms with Gasteiger partial charge in [-0.3, -0.25) is 9.59 Å². The molecule has 0 aliphatic heterocycles. The second-order valence-electron chi connectivity index (χ2n) is 18.3. The van der Waals surface area contributed by atoms with Crippen molar-refractivity contribution < 1.29 is 19.1 Å². The second kappa shape index (κ2) is 42.1. The lowest BCUT2D eigenvalue weighted by molar-refractivity contribution is -0.175. The quantitative estimate of drug-likeness (QED) is 0.0350. The predicted octanol–water partition coefficient (Wildman–Crippen LogP) is 17.7. The van der Waals surface area contributed by atoms with E-state index in [-0.39, 0.29) is 11.9 Å². The summed E-state index contributed by atoms with van der Waals surface area (Å²) in [6, 6.07) is 0. The first-order valence-electron chi connectivity index (χ1n) is 26.0. The van der Waals surface area contributed by atoms with Gasteiger partial charge in [-0.05, 0) is 25.7 Å². The number of unbranched alkanes of at least 4 members (excludes halogenated alkanes) is 38. The molecule has 4 heteroatoms. The fraction of sp³-hybridized carbons (Fsp3) is 0.962. The molecule has 0 saturated heterocycles. The lowest BCUT2D eigenvalue weighted by Gasteiger charge is -2.32. The van der Waals surface area contributed by atoms with Gasteiger partial charge in [-0.1, -0.05) is 277 Å². The molecular weight excluding hydrogens is 689 g/mol. The van der Waals surface area contributed by atoms with Crippen molar-refractivity contribution in [1.82, 2.24) is 0 Å². The van der Waals surface area contributed by atoms with Crippen molar-refractivity contribution in [1.29, 1.82) is 0 Å². The Bertz CT molecular complexity index is 758. The Hall–Kier alpha value is -1.06. The number of rotatable bonds is 44. The molecule has 4 nitrogen and oxygen atoms in total. The highest BCUT2D eigenvalue weighted by atomic mass is 16.6. The van der Waals surface area contributed by atoms with Gasteiger partial charge < -0.3 is 9.47 Å². The first kappa shape index (κ1) is 53.0. The van der Waals surface area contributed by atoms with Gasteiger partial charge in [0.1, 0.15) is 0 Å². The maximum absolute atomic E-state index is 13.3. The van der Waals surface area contributed by atoms with Crippen LogP contribution in [0.5, 0.6) is 0 Å². The molecule has 0 spiro atoms. The van der Waals surface area contributed by atoms with E-state index in [0.717, 1.165) is 44.9 Å². The smallest absolute Gasteiger partial charge is 0.323 e. The zero-order valence-electron chi connectivity index (χ0n) is 38.4. The molecule has 0 aromatic carbocycles. The first-order valence-corrected chi connectivity index (χ1v) is 26.0. The third kappa shape index (κ3) is 31.9. The normalized spacial score (nSPS) is 14.0. The topological polar surface area (TPSA) is 52.6 Å². The Morgan fingerprint density at radius 1 is 0.304 bits per heavy atom. The summed E-state index contributed by atoms with van der Waals surface area (Å²) in [6.45, 7) is 5.46. The van der Waals surface area contributed by atoms with Crippen LogP contribution in [0.15, 0.2) is 0 Å². The fourth-order valence-corrected chi connectivity index (χ4v) is 8.97. The summed E-state index contributed by atoms with van der Waals surface area (Å²) in [5.41, 5.74) is -1.06. The van der Waals surface area contributed by atoms with Crippen LogP contribution >= 0.6 is 0 Å². The average Bonchev–Trinajstić information content (AvgIpc) is 3.22.